The molecule has 0 radical (unpaired) electrons. The van der Waals surface area contributed by atoms with Crippen LogP contribution in [0, 0.1) is 6.92 Å². The molecule has 4 heterocycles. The predicted octanol–water partition coefficient (Wildman–Crippen LogP) is 3.60. The van der Waals surface area contributed by atoms with Gasteiger partial charge >= 0.3 is 0 Å². The number of oxazole rings is 1. The van der Waals surface area contributed by atoms with Crippen molar-refractivity contribution in [3.8, 4) is 11.3 Å². The number of rotatable bonds is 4. The van der Waals surface area contributed by atoms with Crippen LogP contribution in [0.4, 0.5) is 11.6 Å². The summed E-state index contributed by atoms with van der Waals surface area (Å²) in [4.78, 5) is 30.4. The molecule has 32 heavy (non-hydrogen) atoms. The maximum absolute atomic E-state index is 12.9. The van der Waals surface area contributed by atoms with Gasteiger partial charge in [-0.05, 0) is 36.7 Å². The van der Waals surface area contributed by atoms with Gasteiger partial charge in [-0.15, -0.1) is 0 Å². The summed E-state index contributed by atoms with van der Waals surface area (Å²) in [6, 6.07) is 11.4. The van der Waals surface area contributed by atoms with Crippen LogP contribution in [0.2, 0.25) is 0 Å². The number of hydrogen-bond acceptors (Lipinski definition) is 7. The monoisotopic (exact) mass is 428 g/mol. The SMILES string of the molecule is Cc1ncc(-c2ccc3cnc(NC(=O)c4ccnc(N5CCN(C)CC5)c4)cc3c2)o1. The fourth-order valence-corrected chi connectivity index (χ4v) is 3.81. The van der Waals surface area contributed by atoms with E-state index in [9.17, 15) is 4.79 Å². The van der Waals surface area contributed by atoms with Crippen molar-refractivity contribution >= 4 is 28.3 Å². The first-order chi connectivity index (χ1) is 15.5. The van der Waals surface area contributed by atoms with Gasteiger partial charge in [-0.2, -0.15) is 0 Å². The topological polar surface area (TPSA) is 87.4 Å². The zero-order valence-electron chi connectivity index (χ0n) is 18.1. The average molecular weight is 428 g/mol. The summed E-state index contributed by atoms with van der Waals surface area (Å²) in [6.45, 7) is 5.57. The van der Waals surface area contributed by atoms with Gasteiger partial charge in [0, 0.05) is 62.0 Å². The summed E-state index contributed by atoms with van der Waals surface area (Å²) in [5.41, 5.74) is 1.48. The number of carbonyl (C=O) groups excluding carboxylic acids is 1. The lowest BCUT2D eigenvalue weighted by Crippen LogP contribution is -2.44. The van der Waals surface area contributed by atoms with E-state index < -0.39 is 0 Å². The molecule has 5 rings (SSSR count). The number of carbonyl (C=O) groups is 1. The number of fused-ring (bicyclic) bond motifs is 1. The Morgan fingerprint density at radius 3 is 2.59 bits per heavy atom. The maximum Gasteiger partial charge on any atom is 0.257 e. The Bertz CT molecular complexity index is 1280. The molecule has 1 saturated heterocycles. The van der Waals surface area contributed by atoms with Crippen LogP contribution in [-0.2, 0) is 0 Å². The lowest BCUT2D eigenvalue weighted by molar-refractivity contribution is 0.102. The highest BCUT2D eigenvalue weighted by Crippen LogP contribution is 2.26. The highest BCUT2D eigenvalue weighted by molar-refractivity contribution is 6.05. The first-order valence-electron chi connectivity index (χ1n) is 10.6. The Balaban J connectivity index is 1.36. The highest BCUT2D eigenvalue weighted by Gasteiger charge is 2.17. The second-order valence-corrected chi connectivity index (χ2v) is 8.02. The fourth-order valence-electron chi connectivity index (χ4n) is 3.81. The molecule has 1 aliphatic heterocycles. The summed E-state index contributed by atoms with van der Waals surface area (Å²) in [5.74, 6) is 2.43. The first kappa shape index (κ1) is 20.1. The van der Waals surface area contributed by atoms with Crippen LogP contribution < -0.4 is 10.2 Å². The Morgan fingerprint density at radius 2 is 1.81 bits per heavy atom. The molecule has 1 N–H and O–H groups in total. The summed E-state index contributed by atoms with van der Waals surface area (Å²) in [6.07, 6.45) is 5.15. The van der Waals surface area contributed by atoms with Gasteiger partial charge in [0.05, 0.1) is 6.20 Å². The lowest BCUT2D eigenvalue weighted by Gasteiger charge is -2.33. The van der Waals surface area contributed by atoms with E-state index in [0.717, 1.165) is 48.3 Å². The Hall–Kier alpha value is -3.78. The number of piperazine rings is 1. The maximum atomic E-state index is 12.9. The van der Waals surface area contributed by atoms with Crippen molar-refractivity contribution < 1.29 is 9.21 Å². The molecule has 0 atom stereocenters. The molecule has 1 aromatic carbocycles. The van der Waals surface area contributed by atoms with Gasteiger partial charge in [0.2, 0.25) is 0 Å². The number of nitrogens with zero attached hydrogens (tertiary/aromatic N) is 5. The molecule has 0 spiro atoms. The zero-order chi connectivity index (χ0) is 22.1. The van der Waals surface area contributed by atoms with Crippen LogP contribution in [0.3, 0.4) is 0 Å². The largest absolute Gasteiger partial charge is 0.441 e. The highest BCUT2D eigenvalue weighted by atomic mass is 16.4. The van der Waals surface area contributed by atoms with Crippen LogP contribution in [0.1, 0.15) is 16.2 Å². The average Bonchev–Trinajstić information content (AvgIpc) is 3.25. The van der Waals surface area contributed by atoms with Gasteiger partial charge in [0.25, 0.3) is 5.91 Å². The standard InChI is InChI=1S/C24H24N6O2/c1-16-26-15-21(32-16)17-3-4-19-14-27-22(12-20(19)11-17)28-24(31)18-5-6-25-23(13-18)30-9-7-29(2)8-10-30/h3-6,11-15H,7-10H2,1-2H3,(H,27,28,31). The van der Waals surface area contributed by atoms with Gasteiger partial charge in [0.1, 0.15) is 11.6 Å². The molecule has 1 amide bonds. The van der Waals surface area contributed by atoms with Gasteiger partial charge in [-0.25, -0.2) is 15.0 Å². The van der Waals surface area contributed by atoms with E-state index in [4.69, 9.17) is 4.42 Å². The van der Waals surface area contributed by atoms with Crippen molar-refractivity contribution in [3.63, 3.8) is 0 Å². The molecule has 8 heteroatoms. The van der Waals surface area contributed by atoms with Crippen molar-refractivity contribution in [2.75, 3.05) is 43.4 Å². The number of aromatic nitrogens is 3. The smallest absolute Gasteiger partial charge is 0.257 e. The summed E-state index contributed by atoms with van der Waals surface area (Å²) >= 11 is 0. The number of hydrogen-bond donors (Lipinski definition) is 1. The molecule has 0 unspecified atom stereocenters. The third-order valence-electron chi connectivity index (χ3n) is 5.70. The van der Waals surface area contributed by atoms with E-state index in [-0.39, 0.29) is 5.91 Å². The summed E-state index contributed by atoms with van der Waals surface area (Å²) < 4.78 is 5.63. The third-order valence-corrected chi connectivity index (χ3v) is 5.70. The lowest BCUT2D eigenvalue weighted by atomic mass is 10.1. The van der Waals surface area contributed by atoms with Gasteiger partial charge < -0.3 is 19.5 Å². The Kier molecular flexibility index (Phi) is 5.28. The summed E-state index contributed by atoms with van der Waals surface area (Å²) in [5, 5.41) is 4.84. The van der Waals surface area contributed by atoms with E-state index in [0.29, 0.717) is 23.0 Å². The first-order valence-corrected chi connectivity index (χ1v) is 10.6. The van der Waals surface area contributed by atoms with E-state index >= 15 is 0 Å². The Morgan fingerprint density at radius 1 is 0.969 bits per heavy atom. The van der Waals surface area contributed by atoms with Crippen molar-refractivity contribution in [1.29, 1.82) is 0 Å². The van der Waals surface area contributed by atoms with E-state index in [1.807, 2.05) is 37.3 Å². The molecule has 162 valence electrons. The molecular weight excluding hydrogens is 404 g/mol. The van der Waals surface area contributed by atoms with Crippen molar-refractivity contribution in [1.82, 2.24) is 19.9 Å². The van der Waals surface area contributed by atoms with Crippen LogP contribution in [-0.4, -0.2) is 59.0 Å². The molecule has 8 nitrogen and oxygen atoms in total. The summed E-state index contributed by atoms with van der Waals surface area (Å²) in [7, 11) is 2.11. The fraction of sp³-hybridized carbons (Fsp3) is 0.250. The number of pyridine rings is 2. The van der Waals surface area contributed by atoms with E-state index in [1.54, 1.807) is 24.7 Å². The van der Waals surface area contributed by atoms with E-state index in [2.05, 4.69) is 37.1 Å². The minimum atomic E-state index is -0.211. The van der Waals surface area contributed by atoms with Crippen molar-refractivity contribution in [2.24, 2.45) is 0 Å². The molecule has 4 aromatic rings. The second-order valence-electron chi connectivity index (χ2n) is 8.02. The van der Waals surface area contributed by atoms with Crippen LogP contribution in [0.25, 0.3) is 22.1 Å². The number of aryl methyl sites for hydroxylation is 1. The van der Waals surface area contributed by atoms with Gasteiger partial charge in [-0.1, -0.05) is 12.1 Å². The number of anilines is 2. The van der Waals surface area contributed by atoms with Crippen molar-refractivity contribution in [2.45, 2.75) is 6.92 Å². The van der Waals surface area contributed by atoms with Crippen molar-refractivity contribution in [3.05, 3.63) is 66.4 Å². The molecule has 1 fully saturated rings. The number of likely N-dealkylation sites (N-methyl/N-ethyl adjacent to an activating group) is 1. The number of nitrogens with one attached hydrogen (secondary N) is 1. The number of amides is 1. The molecule has 0 saturated carbocycles. The predicted molar refractivity (Wildman–Crippen MR) is 124 cm³/mol. The number of benzene rings is 1. The second kappa shape index (κ2) is 8.39. The molecule has 1 aliphatic rings. The normalized spacial score (nSPS) is 14.6. The van der Waals surface area contributed by atoms with Gasteiger partial charge in [-0.3, -0.25) is 4.79 Å². The third kappa shape index (κ3) is 4.17. The molecule has 0 bridgehead atoms. The van der Waals surface area contributed by atoms with Crippen LogP contribution >= 0.6 is 0 Å². The van der Waals surface area contributed by atoms with E-state index in [1.165, 1.54) is 0 Å². The quantitative estimate of drug-likeness (QED) is 0.531. The van der Waals surface area contributed by atoms with Gasteiger partial charge in [0.15, 0.2) is 11.7 Å². The zero-order valence-corrected chi connectivity index (χ0v) is 18.1. The Labute approximate surface area is 185 Å². The molecule has 3 aromatic heterocycles. The van der Waals surface area contributed by atoms with Crippen LogP contribution in [0.5, 0.6) is 0 Å². The molecule has 0 aliphatic carbocycles. The minimum Gasteiger partial charge on any atom is -0.441 e. The minimum absolute atomic E-state index is 0.211. The van der Waals surface area contributed by atoms with Crippen LogP contribution in [0.15, 0.2) is 59.4 Å². The molecular formula is C24H24N6O2.